The van der Waals surface area contributed by atoms with Crippen LogP contribution in [0.3, 0.4) is 0 Å². The van der Waals surface area contributed by atoms with Crippen molar-refractivity contribution in [1.82, 2.24) is 10.3 Å². The van der Waals surface area contributed by atoms with Crippen LogP contribution in [-0.2, 0) is 16.1 Å². The monoisotopic (exact) mass is 405 g/mol. The molecule has 2 N–H and O–H groups in total. The molecule has 1 aliphatic rings. The summed E-state index contributed by atoms with van der Waals surface area (Å²) < 4.78 is 10.8. The standard InChI is InChI=1S/C19H23N3O5S/c1-12-16(17(23)24)21-18(28-12)22-9-8-14(15(10-22)26-2)20-19(25)27-11-13-6-4-3-5-7-13/h3-7,14-15H,8-11H2,1-2H3,(H,20,25)(H,23,24)/t14-,15+/m1/s1. The third-order valence-corrected chi connectivity index (χ3v) is 5.67. The number of methoxy groups -OCH3 is 1. The summed E-state index contributed by atoms with van der Waals surface area (Å²) in [7, 11) is 1.59. The third kappa shape index (κ3) is 4.79. The smallest absolute Gasteiger partial charge is 0.407 e. The van der Waals surface area contributed by atoms with Crippen molar-refractivity contribution in [2.45, 2.75) is 32.1 Å². The Morgan fingerprint density at radius 2 is 2.11 bits per heavy atom. The highest BCUT2D eigenvalue weighted by atomic mass is 32.1. The molecule has 1 saturated heterocycles. The molecular weight excluding hydrogens is 382 g/mol. The number of aryl methyl sites for hydroxylation is 1. The Morgan fingerprint density at radius 3 is 2.75 bits per heavy atom. The van der Waals surface area contributed by atoms with Crippen molar-refractivity contribution >= 4 is 28.5 Å². The highest BCUT2D eigenvalue weighted by Crippen LogP contribution is 2.28. The van der Waals surface area contributed by atoms with Gasteiger partial charge in [-0.1, -0.05) is 30.3 Å². The molecule has 2 aromatic rings. The molecule has 1 aliphatic heterocycles. The number of aromatic nitrogens is 1. The van der Waals surface area contributed by atoms with E-state index in [0.29, 0.717) is 29.5 Å². The first-order valence-electron chi connectivity index (χ1n) is 8.93. The van der Waals surface area contributed by atoms with E-state index in [-0.39, 0.29) is 24.4 Å². The number of alkyl carbamates (subject to hydrolysis) is 1. The van der Waals surface area contributed by atoms with Crippen molar-refractivity contribution in [2.75, 3.05) is 25.1 Å². The van der Waals surface area contributed by atoms with Crippen LogP contribution in [0.1, 0.15) is 27.3 Å². The number of carboxylic acids is 1. The number of nitrogens with one attached hydrogen (secondary N) is 1. The van der Waals surface area contributed by atoms with Crippen molar-refractivity contribution in [3.8, 4) is 0 Å². The SMILES string of the molecule is CO[C@H]1CN(c2nc(C(=O)O)c(C)s2)CC[C@H]1NC(=O)OCc1ccccc1. The number of hydrogen-bond acceptors (Lipinski definition) is 7. The van der Waals surface area contributed by atoms with Gasteiger partial charge in [-0.25, -0.2) is 14.6 Å². The minimum atomic E-state index is -1.03. The van der Waals surface area contributed by atoms with E-state index in [4.69, 9.17) is 9.47 Å². The first kappa shape index (κ1) is 20.1. The lowest BCUT2D eigenvalue weighted by Crippen LogP contribution is -2.55. The summed E-state index contributed by atoms with van der Waals surface area (Å²) in [5.74, 6) is -1.03. The third-order valence-electron chi connectivity index (χ3n) is 4.64. The zero-order valence-electron chi connectivity index (χ0n) is 15.8. The molecule has 1 aromatic carbocycles. The van der Waals surface area contributed by atoms with Crippen LogP contribution in [0.4, 0.5) is 9.93 Å². The van der Waals surface area contributed by atoms with Crippen LogP contribution < -0.4 is 10.2 Å². The number of hydrogen-bond donors (Lipinski definition) is 2. The predicted molar refractivity (Wildman–Crippen MR) is 105 cm³/mol. The molecular formula is C19H23N3O5S. The number of rotatable bonds is 6. The van der Waals surface area contributed by atoms with Crippen LogP contribution >= 0.6 is 11.3 Å². The first-order valence-corrected chi connectivity index (χ1v) is 9.75. The molecule has 2 heterocycles. The number of thiazole rings is 1. The van der Waals surface area contributed by atoms with Crippen LogP contribution in [0.2, 0.25) is 0 Å². The normalized spacial score (nSPS) is 19.3. The zero-order valence-corrected chi connectivity index (χ0v) is 16.6. The lowest BCUT2D eigenvalue weighted by molar-refractivity contribution is 0.0546. The van der Waals surface area contributed by atoms with E-state index in [9.17, 15) is 14.7 Å². The fraction of sp³-hybridized carbons (Fsp3) is 0.421. The van der Waals surface area contributed by atoms with Crippen LogP contribution in [0.25, 0.3) is 0 Å². The van der Waals surface area contributed by atoms with Crippen molar-refractivity contribution in [3.05, 3.63) is 46.5 Å². The summed E-state index contributed by atoms with van der Waals surface area (Å²) in [4.78, 5) is 30.2. The van der Waals surface area contributed by atoms with Gasteiger partial charge >= 0.3 is 12.1 Å². The van der Waals surface area contributed by atoms with Gasteiger partial charge in [0, 0.05) is 25.1 Å². The molecule has 1 aromatic heterocycles. The summed E-state index contributed by atoms with van der Waals surface area (Å²) in [5, 5.41) is 12.7. The van der Waals surface area contributed by atoms with E-state index in [0.717, 1.165) is 5.56 Å². The topological polar surface area (TPSA) is 101 Å². The fourth-order valence-electron chi connectivity index (χ4n) is 3.13. The number of ether oxygens (including phenoxy) is 2. The number of benzene rings is 1. The summed E-state index contributed by atoms with van der Waals surface area (Å²) in [6, 6.07) is 9.29. The maximum Gasteiger partial charge on any atom is 0.407 e. The number of carbonyl (C=O) groups excluding carboxylic acids is 1. The molecule has 28 heavy (non-hydrogen) atoms. The van der Waals surface area contributed by atoms with Crippen molar-refractivity contribution in [2.24, 2.45) is 0 Å². The molecule has 150 valence electrons. The minimum absolute atomic E-state index is 0.0821. The van der Waals surface area contributed by atoms with Gasteiger partial charge in [-0.05, 0) is 18.9 Å². The van der Waals surface area contributed by atoms with E-state index in [1.165, 1.54) is 11.3 Å². The van der Waals surface area contributed by atoms with Gasteiger partial charge in [-0.2, -0.15) is 0 Å². The van der Waals surface area contributed by atoms with Crippen LogP contribution in [0, 0.1) is 6.92 Å². The van der Waals surface area contributed by atoms with E-state index in [1.54, 1.807) is 14.0 Å². The number of carboxylic acid groups (broad SMARTS) is 1. The maximum atomic E-state index is 12.1. The first-order chi connectivity index (χ1) is 13.5. The molecule has 1 amide bonds. The van der Waals surface area contributed by atoms with E-state index in [1.807, 2.05) is 35.2 Å². The average molecular weight is 405 g/mol. The number of amides is 1. The van der Waals surface area contributed by atoms with Gasteiger partial charge < -0.3 is 24.8 Å². The molecule has 0 unspecified atom stereocenters. The second kappa shape index (κ2) is 9.03. The summed E-state index contributed by atoms with van der Waals surface area (Å²) in [6.07, 6.45) is -0.0990. The number of anilines is 1. The lowest BCUT2D eigenvalue weighted by atomic mass is 10.0. The quantitative estimate of drug-likeness (QED) is 0.762. The van der Waals surface area contributed by atoms with Crippen LogP contribution in [0.15, 0.2) is 30.3 Å². The van der Waals surface area contributed by atoms with Crippen molar-refractivity contribution in [3.63, 3.8) is 0 Å². The van der Waals surface area contributed by atoms with E-state index < -0.39 is 12.1 Å². The predicted octanol–water partition coefficient (Wildman–Crippen LogP) is 2.67. The summed E-state index contributed by atoms with van der Waals surface area (Å²) in [6.45, 7) is 3.09. The second-order valence-electron chi connectivity index (χ2n) is 6.53. The largest absolute Gasteiger partial charge is 0.476 e. The molecule has 0 radical (unpaired) electrons. The molecule has 1 fully saturated rings. The van der Waals surface area contributed by atoms with Gasteiger partial charge in [0.2, 0.25) is 0 Å². The maximum absolute atomic E-state index is 12.1. The molecule has 9 heteroatoms. The number of nitrogens with zero attached hydrogens (tertiary/aromatic N) is 2. The van der Waals surface area contributed by atoms with Gasteiger partial charge in [0.15, 0.2) is 10.8 Å². The molecule has 2 atom stereocenters. The number of aromatic carboxylic acids is 1. The molecule has 3 rings (SSSR count). The zero-order chi connectivity index (χ0) is 20.1. The van der Waals surface area contributed by atoms with Crippen LogP contribution in [-0.4, -0.2) is 54.5 Å². The lowest BCUT2D eigenvalue weighted by Gasteiger charge is -2.37. The Bertz CT molecular complexity index is 826. The van der Waals surface area contributed by atoms with Crippen molar-refractivity contribution < 1.29 is 24.2 Å². The molecule has 8 nitrogen and oxygen atoms in total. The molecule has 0 bridgehead atoms. The van der Waals surface area contributed by atoms with Crippen molar-refractivity contribution in [1.29, 1.82) is 0 Å². The van der Waals surface area contributed by atoms with Gasteiger partial charge in [-0.15, -0.1) is 11.3 Å². The molecule has 0 aliphatic carbocycles. The van der Waals surface area contributed by atoms with Gasteiger partial charge in [-0.3, -0.25) is 0 Å². The van der Waals surface area contributed by atoms with Gasteiger partial charge in [0.05, 0.1) is 12.1 Å². The summed E-state index contributed by atoms with van der Waals surface area (Å²) in [5.41, 5.74) is 1.00. The highest BCUT2D eigenvalue weighted by molar-refractivity contribution is 7.15. The highest BCUT2D eigenvalue weighted by Gasteiger charge is 2.32. The Labute approximate surface area is 167 Å². The van der Waals surface area contributed by atoms with E-state index in [2.05, 4.69) is 10.3 Å². The van der Waals surface area contributed by atoms with Crippen LogP contribution in [0.5, 0.6) is 0 Å². The second-order valence-corrected chi connectivity index (χ2v) is 7.71. The van der Waals surface area contributed by atoms with E-state index >= 15 is 0 Å². The van der Waals surface area contributed by atoms with Gasteiger partial charge in [0.1, 0.15) is 6.61 Å². The Morgan fingerprint density at radius 1 is 1.36 bits per heavy atom. The molecule has 0 spiro atoms. The number of piperidine rings is 1. The molecule has 0 saturated carbocycles. The fourth-order valence-corrected chi connectivity index (χ4v) is 4.06. The summed E-state index contributed by atoms with van der Waals surface area (Å²) >= 11 is 1.35. The average Bonchev–Trinajstić information content (AvgIpc) is 3.09. The number of carbonyl (C=O) groups is 2. The Kier molecular flexibility index (Phi) is 6.48. The minimum Gasteiger partial charge on any atom is -0.476 e. The van der Waals surface area contributed by atoms with Gasteiger partial charge in [0.25, 0.3) is 0 Å². The Hall–Kier alpha value is -2.65. The Balaban J connectivity index is 1.56.